The van der Waals surface area contributed by atoms with Crippen molar-refractivity contribution in [3.63, 3.8) is 0 Å². The number of aliphatic carboxylic acids is 2. The maximum absolute atomic E-state index is 9.55. The molecule has 3 rings (SSSR count). The molecule has 0 aliphatic rings. The van der Waals surface area contributed by atoms with Gasteiger partial charge in [0, 0.05) is 24.0 Å². The van der Waals surface area contributed by atoms with Crippen LogP contribution in [-0.2, 0) is 16.0 Å². The highest BCUT2D eigenvalue weighted by molar-refractivity contribution is 6.06. The van der Waals surface area contributed by atoms with E-state index in [0.29, 0.717) is 31.1 Å². The van der Waals surface area contributed by atoms with Crippen LogP contribution in [0, 0.1) is 0 Å². The first-order chi connectivity index (χ1) is 15.4. The first-order valence-corrected chi connectivity index (χ1v) is 10.4. The molecule has 0 unspecified atom stereocenters. The molecule has 3 aromatic rings. The second-order valence-corrected chi connectivity index (χ2v) is 6.98. The summed E-state index contributed by atoms with van der Waals surface area (Å²) in [4.78, 5) is 34.4. The molecular weight excluding hydrogens is 414 g/mol. The van der Waals surface area contributed by atoms with E-state index >= 15 is 0 Å². The molecule has 0 aliphatic heterocycles. The Labute approximate surface area is 185 Å². The van der Waals surface area contributed by atoms with Gasteiger partial charge in [0.05, 0.1) is 5.52 Å². The number of fused-ring (bicyclic) bond motifs is 3. The molecule has 10 nitrogen and oxygen atoms in total. The third-order valence-corrected chi connectivity index (χ3v) is 4.49. The lowest BCUT2D eigenvalue weighted by atomic mass is 10.2. The van der Waals surface area contributed by atoms with Crippen LogP contribution >= 0.6 is 0 Å². The van der Waals surface area contributed by atoms with E-state index in [1.165, 1.54) is 0 Å². The molecule has 0 fully saturated rings. The summed E-state index contributed by atoms with van der Waals surface area (Å²) in [5.41, 5.74) is 14.2. The fourth-order valence-corrected chi connectivity index (χ4v) is 3.00. The largest absolute Gasteiger partial charge is 0.478 e. The van der Waals surface area contributed by atoms with Gasteiger partial charge in [0.25, 0.3) is 0 Å². The van der Waals surface area contributed by atoms with Crippen LogP contribution in [0.4, 0.5) is 5.82 Å². The number of carbonyl (C=O) groups is 2. The van der Waals surface area contributed by atoms with Gasteiger partial charge in [-0.1, -0.05) is 31.5 Å². The Kier molecular flexibility index (Phi) is 9.43. The maximum Gasteiger partial charge on any atom is 0.328 e. The normalized spacial score (nSPS) is 10.9. The fourth-order valence-electron chi connectivity index (χ4n) is 3.00. The lowest BCUT2D eigenvalue weighted by molar-refractivity contribution is -0.134. The number of hydrogen-bond donors (Lipinski definition) is 4. The standard InChI is InChI=1S/C18H25N5O.C4H4O4/c1-2-3-10-15-22-16-17(23(15)24-12-7-6-11-19)13-8-4-5-9-14(13)21-18(16)20;5-3(6)1-2-4(7)8/h4-5,8-9H,2-3,6-7,10-12,19H2,1H3,(H2,20,21);1-2H,(H,5,6)(H,7,8). The van der Waals surface area contributed by atoms with E-state index in [1.54, 1.807) is 0 Å². The number of anilines is 1. The van der Waals surface area contributed by atoms with E-state index in [0.717, 1.165) is 59.9 Å². The van der Waals surface area contributed by atoms with Gasteiger partial charge in [0.1, 0.15) is 23.5 Å². The molecule has 1 aromatic carbocycles. The summed E-state index contributed by atoms with van der Waals surface area (Å²) in [5.74, 6) is -1.16. The first-order valence-electron chi connectivity index (χ1n) is 10.4. The third-order valence-electron chi connectivity index (χ3n) is 4.49. The molecule has 32 heavy (non-hydrogen) atoms. The molecule has 0 spiro atoms. The van der Waals surface area contributed by atoms with E-state index in [1.807, 2.05) is 29.0 Å². The molecule has 10 heteroatoms. The van der Waals surface area contributed by atoms with Gasteiger partial charge in [-0.3, -0.25) is 0 Å². The fraction of sp³-hybridized carbons (Fsp3) is 0.364. The lowest BCUT2D eigenvalue weighted by Gasteiger charge is -2.12. The van der Waals surface area contributed by atoms with Crippen molar-refractivity contribution < 1.29 is 24.6 Å². The van der Waals surface area contributed by atoms with Crippen LogP contribution < -0.4 is 16.3 Å². The minimum absolute atomic E-state index is 0.450. The van der Waals surface area contributed by atoms with Gasteiger partial charge in [-0.15, -0.1) is 0 Å². The van der Waals surface area contributed by atoms with Crippen LogP contribution in [-0.4, -0.2) is 50.0 Å². The summed E-state index contributed by atoms with van der Waals surface area (Å²) in [6, 6.07) is 7.95. The van der Waals surface area contributed by atoms with Gasteiger partial charge in [-0.25, -0.2) is 19.6 Å². The van der Waals surface area contributed by atoms with Crippen LogP contribution in [0.2, 0.25) is 0 Å². The van der Waals surface area contributed by atoms with Crippen molar-refractivity contribution >= 4 is 39.7 Å². The van der Waals surface area contributed by atoms with Crippen molar-refractivity contribution in [3.05, 3.63) is 42.2 Å². The highest BCUT2D eigenvalue weighted by Crippen LogP contribution is 2.28. The lowest BCUT2D eigenvalue weighted by Crippen LogP contribution is -2.17. The Hall–Kier alpha value is -3.66. The molecule has 0 saturated carbocycles. The number of aryl methyl sites for hydroxylation is 1. The number of imidazole rings is 1. The molecule has 0 bridgehead atoms. The van der Waals surface area contributed by atoms with Crippen LogP contribution in [0.15, 0.2) is 36.4 Å². The average Bonchev–Trinajstić information content (AvgIpc) is 3.13. The molecule has 2 aromatic heterocycles. The number of nitrogens with zero attached hydrogens (tertiary/aromatic N) is 3. The molecule has 0 aliphatic carbocycles. The number of carboxylic acid groups (broad SMARTS) is 2. The highest BCUT2D eigenvalue weighted by atomic mass is 16.7. The molecule has 0 radical (unpaired) electrons. The quantitative estimate of drug-likeness (QED) is 0.272. The highest BCUT2D eigenvalue weighted by Gasteiger charge is 2.18. The van der Waals surface area contributed by atoms with Crippen molar-refractivity contribution in [2.45, 2.75) is 39.0 Å². The number of para-hydroxylation sites is 1. The Bertz CT molecular complexity index is 1080. The SMILES string of the molecule is CCCCc1nc2c(N)nc3ccccc3c2n1OCCCCN.O=C(O)C=CC(=O)O. The first kappa shape index (κ1) is 24.6. The molecule has 6 N–H and O–H groups in total. The number of benzene rings is 1. The van der Waals surface area contributed by atoms with E-state index in [9.17, 15) is 9.59 Å². The van der Waals surface area contributed by atoms with E-state index < -0.39 is 11.9 Å². The third kappa shape index (κ3) is 6.67. The van der Waals surface area contributed by atoms with Gasteiger partial charge in [-0.05, 0) is 31.9 Å². The summed E-state index contributed by atoms with van der Waals surface area (Å²) < 4.78 is 1.86. The van der Waals surface area contributed by atoms with E-state index in [-0.39, 0.29) is 0 Å². The smallest absolute Gasteiger partial charge is 0.328 e. The summed E-state index contributed by atoms with van der Waals surface area (Å²) in [5, 5.41) is 16.6. The second kappa shape index (κ2) is 12.3. The topological polar surface area (TPSA) is 167 Å². The summed E-state index contributed by atoms with van der Waals surface area (Å²) in [6.07, 6.45) is 6.00. The summed E-state index contributed by atoms with van der Waals surface area (Å²) >= 11 is 0. The number of pyridine rings is 1. The average molecular weight is 444 g/mol. The zero-order chi connectivity index (χ0) is 23.5. The Balaban J connectivity index is 0.000000390. The molecular formula is C22H29N5O5. The van der Waals surface area contributed by atoms with Crippen LogP contribution in [0.25, 0.3) is 21.9 Å². The van der Waals surface area contributed by atoms with Crippen molar-refractivity contribution in [1.29, 1.82) is 0 Å². The monoisotopic (exact) mass is 443 g/mol. The van der Waals surface area contributed by atoms with Crippen LogP contribution in [0.1, 0.15) is 38.4 Å². The Morgan fingerprint density at radius 2 is 1.78 bits per heavy atom. The second-order valence-electron chi connectivity index (χ2n) is 6.98. The van der Waals surface area contributed by atoms with Gasteiger partial charge < -0.3 is 26.5 Å². The van der Waals surface area contributed by atoms with Crippen molar-refractivity contribution in [2.24, 2.45) is 5.73 Å². The number of unbranched alkanes of at least 4 members (excludes halogenated alkanes) is 2. The van der Waals surface area contributed by atoms with Gasteiger partial charge >= 0.3 is 11.9 Å². The van der Waals surface area contributed by atoms with Crippen molar-refractivity contribution in [2.75, 3.05) is 18.9 Å². The number of hydrogen-bond acceptors (Lipinski definition) is 7. The van der Waals surface area contributed by atoms with Crippen LogP contribution in [0.3, 0.4) is 0 Å². The van der Waals surface area contributed by atoms with Gasteiger partial charge in [0.2, 0.25) is 0 Å². The summed E-state index contributed by atoms with van der Waals surface area (Å²) in [7, 11) is 0. The molecule has 0 amide bonds. The number of rotatable bonds is 10. The number of carboxylic acids is 2. The van der Waals surface area contributed by atoms with Gasteiger partial charge in [-0.2, -0.15) is 4.73 Å². The minimum atomic E-state index is -1.26. The molecule has 2 heterocycles. The maximum atomic E-state index is 9.55. The van der Waals surface area contributed by atoms with Crippen molar-refractivity contribution in [3.8, 4) is 0 Å². The zero-order valence-corrected chi connectivity index (χ0v) is 18.0. The Morgan fingerprint density at radius 3 is 2.41 bits per heavy atom. The van der Waals surface area contributed by atoms with Crippen molar-refractivity contribution in [1.82, 2.24) is 14.7 Å². The van der Waals surface area contributed by atoms with E-state index in [4.69, 9.17) is 31.5 Å². The molecule has 0 saturated heterocycles. The predicted molar refractivity (Wildman–Crippen MR) is 122 cm³/mol. The van der Waals surface area contributed by atoms with Crippen LogP contribution in [0.5, 0.6) is 0 Å². The minimum Gasteiger partial charge on any atom is -0.478 e. The predicted octanol–water partition coefficient (Wildman–Crippen LogP) is 2.39. The zero-order valence-electron chi connectivity index (χ0n) is 18.0. The number of nitrogen functional groups attached to an aromatic ring is 1. The molecule has 172 valence electrons. The Morgan fingerprint density at radius 1 is 1.09 bits per heavy atom. The number of aromatic nitrogens is 3. The van der Waals surface area contributed by atoms with E-state index in [2.05, 4.69) is 11.9 Å². The molecule has 0 atom stereocenters. The number of nitrogens with two attached hydrogens (primary N) is 2. The summed E-state index contributed by atoms with van der Waals surface area (Å²) in [6.45, 7) is 3.45. The van der Waals surface area contributed by atoms with Gasteiger partial charge in [0.15, 0.2) is 5.82 Å².